The lowest BCUT2D eigenvalue weighted by molar-refractivity contribution is -0.126. The number of carbonyl (C=O) groups is 3. The van der Waals surface area contributed by atoms with E-state index in [1.165, 1.54) is 0 Å². The van der Waals surface area contributed by atoms with Gasteiger partial charge in [0.2, 0.25) is 5.91 Å². The third-order valence-corrected chi connectivity index (χ3v) is 5.78. The van der Waals surface area contributed by atoms with E-state index >= 15 is 0 Å². The zero-order valence-electron chi connectivity index (χ0n) is 18.8. The van der Waals surface area contributed by atoms with Crippen molar-refractivity contribution in [2.24, 2.45) is 5.92 Å². The van der Waals surface area contributed by atoms with Gasteiger partial charge in [0, 0.05) is 35.7 Å². The average molecular weight is 456 g/mol. The zero-order valence-corrected chi connectivity index (χ0v) is 18.8. The molecular formula is C23H29N5O5. The van der Waals surface area contributed by atoms with Gasteiger partial charge in [0.25, 0.3) is 12.4 Å². The van der Waals surface area contributed by atoms with E-state index in [-0.39, 0.29) is 30.2 Å². The average Bonchev–Trinajstić information content (AvgIpc) is 3.38. The van der Waals surface area contributed by atoms with E-state index in [0.29, 0.717) is 18.8 Å². The maximum atomic E-state index is 12.7. The molecule has 1 aromatic carbocycles. The SMILES string of the molecule is Cc1cn(CCNC(=O)C2CCC(NC(=O)c3oc4ccccc4c3C)CC2)nn1.O=CO. The fourth-order valence-corrected chi connectivity index (χ4v) is 4.08. The number of benzene rings is 1. The van der Waals surface area contributed by atoms with E-state index in [1.807, 2.05) is 44.3 Å². The van der Waals surface area contributed by atoms with Crippen LogP contribution in [0.25, 0.3) is 11.0 Å². The second kappa shape index (κ2) is 11.3. The molecule has 1 aliphatic carbocycles. The maximum Gasteiger partial charge on any atom is 0.290 e. The summed E-state index contributed by atoms with van der Waals surface area (Å²) in [6.45, 7) is 4.68. The number of para-hydroxylation sites is 1. The van der Waals surface area contributed by atoms with Crippen molar-refractivity contribution >= 4 is 29.3 Å². The quantitative estimate of drug-likeness (QED) is 0.485. The summed E-state index contributed by atoms with van der Waals surface area (Å²) in [5.41, 5.74) is 2.44. The highest BCUT2D eigenvalue weighted by Gasteiger charge is 2.28. The minimum absolute atomic E-state index is 0.0106. The Kier molecular flexibility index (Phi) is 8.17. The van der Waals surface area contributed by atoms with Crippen LogP contribution in [0.1, 0.15) is 47.5 Å². The number of rotatable bonds is 6. The topological polar surface area (TPSA) is 139 Å². The zero-order chi connectivity index (χ0) is 23.8. The van der Waals surface area contributed by atoms with Gasteiger partial charge >= 0.3 is 0 Å². The number of hydrogen-bond donors (Lipinski definition) is 3. The van der Waals surface area contributed by atoms with E-state index in [1.54, 1.807) is 4.68 Å². The number of nitrogens with zero attached hydrogens (tertiary/aromatic N) is 3. The van der Waals surface area contributed by atoms with E-state index < -0.39 is 0 Å². The summed E-state index contributed by atoms with van der Waals surface area (Å²) in [7, 11) is 0. The predicted molar refractivity (Wildman–Crippen MR) is 121 cm³/mol. The summed E-state index contributed by atoms with van der Waals surface area (Å²) in [4.78, 5) is 33.5. The number of hydrogen-bond acceptors (Lipinski definition) is 6. The molecule has 10 nitrogen and oxygen atoms in total. The highest BCUT2D eigenvalue weighted by molar-refractivity contribution is 5.99. The number of amides is 2. The molecule has 33 heavy (non-hydrogen) atoms. The molecule has 1 saturated carbocycles. The number of furan rings is 1. The van der Waals surface area contributed by atoms with Crippen molar-refractivity contribution in [2.75, 3.05) is 6.54 Å². The standard InChI is InChI=1S/C22H27N5O3.CH2O2/c1-14-13-27(26-25-14)12-11-23-21(28)16-7-9-17(10-8-16)24-22(29)20-15(2)18-5-3-4-6-19(18)30-20;2-1-3/h3-6,13,16-17H,7-12H2,1-2H3,(H,23,28)(H,24,29);1H,(H,2,3). The molecule has 2 aromatic heterocycles. The summed E-state index contributed by atoms with van der Waals surface area (Å²) in [6, 6.07) is 7.72. The first-order chi connectivity index (χ1) is 15.9. The Morgan fingerprint density at radius 1 is 1.21 bits per heavy atom. The molecule has 2 heterocycles. The largest absolute Gasteiger partial charge is 0.483 e. The molecule has 0 unspecified atom stereocenters. The molecule has 1 fully saturated rings. The molecule has 4 rings (SSSR count). The minimum Gasteiger partial charge on any atom is -0.483 e. The first kappa shape index (κ1) is 24.0. The molecule has 0 aliphatic heterocycles. The van der Waals surface area contributed by atoms with Crippen LogP contribution in [-0.4, -0.2) is 51.0 Å². The summed E-state index contributed by atoms with van der Waals surface area (Å²) < 4.78 is 7.48. The Balaban J connectivity index is 0.000000968. The summed E-state index contributed by atoms with van der Waals surface area (Å²) >= 11 is 0. The molecule has 2 amide bonds. The number of aryl methyl sites for hydroxylation is 2. The molecule has 10 heteroatoms. The number of carboxylic acid groups (broad SMARTS) is 1. The van der Waals surface area contributed by atoms with Gasteiger partial charge in [-0.1, -0.05) is 23.4 Å². The van der Waals surface area contributed by atoms with Crippen LogP contribution in [0.4, 0.5) is 0 Å². The summed E-state index contributed by atoms with van der Waals surface area (Å²) in [5.74, 6) is 0.257. The van der Waals surface area contributed by atoms with Gasteiger partial charge in [-0.25, -0.2) is 0 Å². The van der Waals surface area contributed by atoms with Crippen LogP contribution < -0.4 is 10.6 Å². The Morgan fingerprint density at radius 2 is 1.91 bits per heavy atom. The van der Waals surface area contributed by atoms with Crippen molar-refractivity contribution in [3.63, 3.8) is 0 Å². The number of fused-ring (bicyclic) bond motifs is 1. The molecule has 0 bridgehead atoms. The van der Waals surface area contributed by atoms with Gasteiger partial charge < -0.3 is 20.2 Å². The third kappa shape index (κ3) is 6.18. The van der Waals surface area contributed by atoms with Crippen molar-refractivity contribution in [1.29, 1.82) is 0 Å². The predicted octanol–water partition coefficient (Wildman–Crippen LogP) is 2.45. The van der Waals surface area contributed by atoms with Gasteiger partial charge in [0.1, 0.15) is 5.58 Å². The Labute approximate surface area is 191 Å². The smallest absolute Gasteiger partial charge is 0.290 e. The highest BCUT2D eigenvalue weighted by atomic mass is 16.3. The first-order valence-electron chi connectivity index (χ1n) is 10.9. The van der Waals surface area contributed by atoms with E-state index in [4.69, 9.17) is 14.3 Å². The summed E-state index contributed by atoms with van der Waals surface area (Å²) in [5, 5.41) is 21.8. The third-order valence-electron chi connectivity index (χ3n) is 5.78. The van der Waals surface area contributed by atoms with Crippen LogP contribution in [0, 0.1) is 19.8 Å². The molecule has 3 aromatic rings. The van der Waals surface area contributed by atoms with E-state index in [2.05, 4.69) is 20.9 Å². The lowest BCUT2D eigenvalue weighted by Crippen LogP contribution is -2.41. The molecule has 1 aliphatic rings. The maximum absolute atomic E-state index is 12.7. The van der Waals surface area contributed by atoms with Crippen molar-refractivity contribution < 1.29 is 23.9 Å². The fourth-order valence-electron chi connectivity index (χ4n) is 4.08. The van der Waals surface area contributed by atoms with Crippen LogP contribution in [0.2, 0.25) is 0 Å². The molecule has 3 N–H and O–H groups in total. The molecule has 176 valence electrons. The monoisotopic (exact) mass is 455 g/mol. The molecule has 0 saturated heterocycles. The Bertz CT molecular complexity index is 1100. The number of aromatic nitrogens is 3. The second-order valence-electron chi connectivity index (χ2n) is 8.09. The van der Waals surface area contributed by atoms with Gasteiger partial charge in [-0.3, -0.25) is 19.1 Å². The van der Waals surface area contributed by atoms with Crippen LogP contribution >= 0.6 is 0 Å². The van der Waals surface area contributed by atoms with Crippen LogP contribution in [0.3, 0.4) is 0 Å². The van der Waals surface area contributed by atoms with Crippen molar-refractivity contribution in [3.05, 3.63) is 47.5 Å². The lowest BCUT2D eigenvalue weighted by Gasteiger charge is -2.28. The van der Waals surface area contributed by atoms with Crippen LogP contribution in [0.5, 0.6) is 0 Å². The Hall–Kier alpha value is -3.69. The van der Waals surface area contributed by atoms with E-state index in [0.717, 1.165) is 47.9 Å². The van der Waals surface area contributed by atoms with Crippen molar-refractivity contribution in [1.82, 2.24) is 25.6 Å². The highest BCUT2D eigenvalue weighted by Crippen LogP contribution is 2.27. The van der Waals surface area contributed by atoms with Gasteiger partial charge in [0.05, 0.1) is 12.2 Å². The normalized spacial score (nSPS) is 17.6. The fraction of sp³-hybridized carbons (Fsp3) is 0.435. The van der Waals surface area contributed by atoms with Crippen LogP contribution in [-0.2, 0) is 16.1 Å². The Morgan fingerprint density at radius 3 is 2.55 bits per heavy atom. The van der Waals surface area contributed by atoms with Gasteiger partial charge in [-0.2, -0.15) is 0 Å². The summed E-state index contributed by atoms with van der Waals surface area (Å²) in [6.07, 6.45) is 4.94. The minimum atomic E-state index is -0.250. The van der Waals surface area contributed by atoms with Crippen molar-refractivity contribution in [3.8, 4) is 0 Å². The van der Waals surface area contributed by atoms with Crippen molar-refractivity contribution in [2.45, 2.75) is 52.1 Å². The van der Waals surface area contributed by atoms with Gasteiger partial charge in [-0.15, -0.1) is 5.10 Å². The molecule has 0 atom stereocenters. The molecule has 0 spiro atoms. The number of carbonyl (C=O) groups excluding carboxylic acids is 2. The number of nitrogens with one attached hydrogen (secondary N) is 2. The van der Waals surface area contributed by atoms with Crippen LogP contribution in [0.15, 0.2) is 34.9 Å². The second-order valence-corrected chi connectivity index (χ2v) is 8.09. The van der Waals surface area contributed by atoms with E-state index in [9.17, 15) is 9.59 Å². The lowest BCUT2D eigenvalue weighted by atomic mass is 9.85. The van der Waals surface area contributed by atoms with Gasteiger partial charge in [0.15, 0.2) is 5.76 Å². The molecular weight excluding hydrogens is 426 g/mol. The van der Waals surface area contributed by atoms with Gasteiger partial charge in [-0.05, 0) is 45.6 Å². The first-order valence-corrected chi connectivity index (χ1v) is 10.9. The molecule has 0 radical (unpaired) electrons.